The zero-order valence-corrected chi connectivity index (χ0v) is 5.65. The van der Waals surface area contributed by atoms with Gasteiger partial charge in [0.1, 0.15) is 0 Å². The first kappa shape index (κ1) is 25.1. The molecule has 0 rings (SSSR count). The van der Waals surface area contributed by atoms with Gasteiger partial charge in [0.05, 0.1) is 0 Å². The van der Waals surface area contributed by atoms with E-state index in [1.807, 2.05) is 0 Å². The molecule has 0 bridgehead atoms. The first-order valence-corrected chi connectivity index (χ1v) is 1.60. The van der Waals surface area contributed by atoms with Crippen molar-refractivity contribution in [3.05, 3.63) is 0 Å². The summed E-state index contributed by atoms with van der Waals surface area (Å²) in [6.45, 7) is 0. The van der Waals surface area contributed by atoms with Gasteiger partial charge >= 0.3 is 23.1 Å². The number of rotatable bonds is 0. The minimum atomic E-state index is -2.61. The first-order chi connectivity index (χ1) is 1.73. The fraction of sp³-hybridized carbons (Fsp3) is 0. The van der Waals surface area contributed by atoms with Crippen LogP contribution in [0.15, 0.2) is 0 Å². The molecule has 0 aromatic carbocycles. The summed E-state index contributed by atoms with van der Waals surface area (Å²) in [5.74, 6) is 0. The maximum Gasteiger partial charge on any atom is 2.00 e. The summed E-state index contributed by atoms with van der Waals surface area (Å²) in [6.07, 6.45) is 0. The summed E-state index contributed by atoms with van der Waals surface area (Å²) in [5.41, 5.74) is 0. The van der Waals surface area contributed by atoms with Crippen molar-refractivity contribution in [3.8, 4) is 0 Å². The molecule has 0 saturated heterocycles. The monoisotopic (exact) mass is 144 g/mol. The third-order valence-electron chi connectivity index (χ3n) is 0. The van der Waals surface area contributed by atoms with Crippen LogP contribution in [-0.2, 0) is 11.4 Å². The molecule has 0 aliphatic carbocycles. The third-order valence-corrected chi connectivity index (χ3v) is 0. The largest absolute Gasteiger partial charge is 2.00 e. The molecule has 0 unspecified atom stereocenters. The zero-order chi connectivity index (χ0) is 3.58. The van der Waals surface area contributed by atoms with Gasteiger partial charge in [-0.2, -0.15) is 4.21 Å². The van der Waals surface area contributed by atoms with E-state index < -0.39 is 11.4 Å². The van der Waals surface area contributed by atoms with Crippen molar-refractivity contribution in [3.63, 3.8) is 0 Å². The fourth-order valence-electron chi connectivity index (χ4n) is 0. The molecule has 0 aromatic heterocycles. The second kappa shape index (κ2) is 15.9. The second-order valence-corrected chi connectivity index (χ2v) is 0.692. The normalized spacial score (nSPS) is 5.00. The van der Waals surface area contributed by atoms with Gasteiger partial charge in [0.2, 0.25) is 0 Å². The van der Waals surface area contributed by atoms with Crippen LogP contribution in [0.1, 0.15) is 2.85 Å². The smallest absolute Gasteiger partial charge is 1.00 e. The van der Waals surface area contributed by atoms with Gasteiger partial charge in [-0.15, -0.1) is 0 Å². The Bertz CT molecular complexity index is 37.9. The molecule has 0 aliphatic rings. The summed E-state index contributed by atoms with van der Waals surface area (Å²) >= 11 is -2.61. The van der Waals surface area contributed by atoms with E-state index in [4.69, 9.17) is 13.3 Å². The second-order valence-electron chi connectivity index (χ2n) is 0.231. The van der Waals surface area contributed by atoms with Crippen molar-refractivity contribution in [1.82, 2.24) is 0 Å². The average molecular weight is 144 g/mol. The Balaban J connectivity index is -0.00000000450. The van der Waals surface area contributed by atoms with Crippen molar-refractivity contribution in [2.24, 2.45) is 0 Å². The van der Waals surface area contributed by atoms with Crippen molar-refractivity contribution in [2.45, 2.75) is 0 Å². The van der Waals surface area contributed by atoms with Gasteiger partial charge in [0.15, 0.2) is 0 Å². The Morgan fingerprint density at radius 2 is 1.29 bits per heavy atom. The van der Waals surface area contributed by atoms with E-state index in [0.29, 0.717) is 0 Å². The molecular weight excluding hydrogens is 136 g/mol. The van der Waals surface area contributed by atoms with Gasteiger partial charge in [-0.1, -0.05) is 0 Å². The molecule has 0 amide bonds. The van der Waals surface area contributed by atoms with Gasteiger partial charge < -0.3 is 13.8 Å². The Labute approximate surface area is 62.0 Å². The standard InChI is InChI=1S/Mg.H2O3S.2H2O.2H/c;1-4(2)3;;;;/h;(H2,1,2,3);2*1H2;;/q+2;;;;2*-1. The molecule has 5 nitrogen and oxygen atoms in total. The summed E-state index contributed by atoms with van der Waals surface area (Å²) in [6, 6.07) is 0. The molecule has 0 fully saturated rings. The van der Waals surface area contributed by atoms with Crippen LogP contribution in [0, 0.1) is 0 Å². The van der Waals surface area contributed by atoms with Crippen molar-refractivity contribution < 1.29 is 27.1 Å². The van der Waals surface area contributed by atoms with Crippen molar-refractivity contribution in [2.75, 3.05) is 0 Å². The summed E-state index contributed by atoms with van der Waals surface area (Å²) in [5, 5.41) is 0. The van der Waals surface area contributed by atoms with E-state index in [1.54, 1.807) is 0 Å². The van der Waals surface area contributed by atoms with E-state index in [0.717, 1.165) is 0 Å². The predicted octanol–water partition coefficient (Wildman–Crippen LogP) is -2.12. The van der Waals surface area contributed by atoms with E-state index in [-0.39, 0.29) is 36.9 Å². The molecule has 0 heterocycles. The molecule has 6 N–H and O–H groups in total. The Kier molecular flexibility index (Phi) is 56.9. The van der Waals surface area contributed by atoms with Crippen LogP contribution in [0.5, 0.6) is 0 Å². The Morgan fingerprint density at radius 1 is 1.29 bits per heavy atom. The van der Waals surface area contributed by atoms with Crippen molar-refractivity contribution in [1.29, 1.82) is 0 Å². The maximum absolute atomic E-state index is 8.67. The molecule has 0 saturated carbocycles. The van der Waals surface area contributed by atoms with E-state index >= 15 is 0 Å². The molecule has 0 spiro atoms. The van der Waals surface area contributed by atoms with Crippen LogP contribution in [0.2, 0.25) is 0 Å². The molecule has 7 heavy (non-hydrogen) atoms. The van der Waals surface area contributed by atoms with Crippen LogP contribution in [0.4, 0.5) is 0 Å². The summed E-state index contributed by atoms with van der Waals surface area (Å²) < 4.78 is 22.8. The molecule has 0 atom stereocenters. The van der Waals surface area contributed by atoms with Crippen LogP contribution >= 0.6 is 0 Å². The van der Waals surface area contributed by atoms with Crippen LogP contribution in [-0.4, -0.2) is 47.3 Å². The molecular formula is H8MgO5S. The molecule has 0 aromatic rings. The van der Waals surface area contributed by atoms with Crippen LogP contribution in [0.25, 0.3) is 0 Å². The third kappa shape index (κ3) is 267. The minimum Gasteiger partial charge on any atom is -1.00 e. The Hall–Kier alpha value is 0.756. The van der Waals surface area contributed by atoms with Crippen LogP contribution < -0.4 is 0 Å². The number of hydrogen-bond acceptors (Lipinski definition) is 1. The molecule has 7 heteroatoms. The minimum absolute atomic E-state index is 0. The first-order valence-electron chi connectivity index (χ1n) is 0.532. The molecule has 46 valence electrons. The molecule has 0 aliphatic heterocycles. The van der Waals surface area contributed by atoms with Crippen LogP contribution in [0.3, 0.4) is 0 Å². The van der Waals surface area contributed by atoms with Gasteiger partial charge in [-0.3, -0.25) is 9.11 Å². The van der Waals surface area contributed by atoms with E-state index in [9.17, 15) is 0 Å². The van der Waals surface area contributed by atoms with E-state index in [1.165, 1.54) is 0 Å². The van der Waals surface area contributed by atoms with Gasteiger partial charge in [0.25, 0.3) is 11.4 Å². The van der Waals surface area contributed by atoms with Gasteiger partial charge in [-0.05, 0) is 0 Å². The van der Waals surface area contributed by atoms with Gasteiger partial charge in [-0.25, -0.2) is 0 Å². The quantitative estimate of drug-likeness (QED) is 0.298. The summed E-state index contributed by atoms with van der Waals surface area (Å²) in [7, 11) is 0. The van der Waals surface area contributed by atoms with Crippen molar-refractivity contribution >= 4 is 34.4 Å². The molecule has 0 radical (unpaired) electrons. The SMILES string of the molecule is O.O.O=S(O)O.[H-].[H-].[Mg+2]. The zero-order valence-electron chi connectivity index (χ0n) is 5.42. The topological polar surface area (TPSA) is 121 Å². The van der Waals surface area contributed by atoms with E-state index in [2.05, 4.69) is 0 Å². The maximum atomic E-state index is 8.67. The summed E-state index contributed by atoms with van der Waals surface area (Å²) in [4.78, 5) is 0. The van der Waals surface area contributed by atoms with Gasteiger partial charge in [0, 0.05) is 0 Å². The fourth-order valence-corrected chi connectivity index (χ4v) is 0. The number of hydrogen-bond donors (Lipinski definition) is 2. The average Bonchev–Trinajstić information content (AvgIpc) is 0.811. The predicted molar refractivity (Wildman–Crippen MR) is 28.6 cm³/mol. The Morgan fingerprint density at radius 3 is 1.29 bits per heavy atom.